The molecule has 1 aromatic rings. The van der Waals surface area contributed by atoms with Gasteiger partial charge >= 0.3 is 0 Å². The molecule has 3 nitrogen and oxygen atoms in total. The number of aliphatic hydroxyl groups is 1. The summed E-state index contributed by atoms with van der Waals surface area (Å²) in [5.41, 5.74) is 8.12. The molecule has 0 unspecified atom stereocenters. The summed E-state index contributed by atoms with van der Waals surface area (Å²) >= 11 is 0. The minimum Gasteiger partial charge on any atom is -0.491 e. The van der Waals surface area contributed by atoms with Gasteiger partial charge in [0, 0.05) is 6.04 Å². The summed E-state index contributed by atoms with van der Waals surface area (Å²) in [6, 6.07) is 6.34. The summed E-state index contributed by atoms with van der Waals surface area (Å²) in [6.07, 6.45) is 7.28. The van der Waals surface area contributed by atoms with E-state index in [-0.39, 0.29) is 6.04 Å². The van der Waals surface area contributed by atoms with Crippen LogP contribution in [-0.2, 0) is 6.42 Å². The number of ether oxygens (including phenoxy) is 1. The molecule has 3 N–H and O–H groups in total. The largest absolute Gasteiger partial charge is 0.491 e. The number of nitrogens with two attached hydrogens (primary N) is 1. The lowest BCUT2D eigenvalue weighted by Gasteiger charge is -2.25. The van der Waals surface area contributed by atoms with Gasteiger partial charge in [-0.25, -0.2) is 0 Å². The molecule has 1 saturated carbocycles. The van der Waals surface area contributed by atoms with E-state index in [1.165, 1.54) is 17.5 Å². The highest BCUT2D eigenvalue weighted by Crippen LogP contribution is 2.33. The van der Waals surface area contributed by atoms with E-state index in [0.717, 1.165) is 44.3 Å². The van der Waals surface area contributed by atoms with Crippen LogP contribution in [0.15, 0.2) is 18.2 Å². The first kappa shape index (κ1) is 12.9. The molecule has 2 aliphatic carbocycles. The van der Waals surface area contributed by atoms with E-state index in [4.69, 9.17) is 10.5 Å². The van der Waals surface area contributed by atoms with Crippen LogP contribution in [0.1, 0.15) is 55.7 Å². The molecule has 19 heavy (non-hydrogen) atoms. The minimum absolute atomic E-state index is 0.141. The van der Waals surface area contributed by atoms with Gasteiger partial charge in [0.1, 0.15) is 12.4 Å². The Morgan fingerprint density at radius 3 is 2.84 bits per heavy atom. The molecule has 3 heteroatoms. The van der Waals surface area contributed by atoms with Crippen LogP contribution in [-0.4, -0.2) is 17.3 Å². The summed E-state index contributed by atoms with van der Waals surface area (Å²) in [6.45, 7) is 0.404. The molecule has 1 atom stereocenters. The van der Waals surface area contributed by atoms with Crippen molar-refractivity contribution in [2.45, 2.75) is 56.6 Å². The van der Waals surface area contributed by atoms with Crippen molar-refractivity contribution in [3.8, 4) is 5.75 Å². The van der Waals surface area contributed by atoms with Gasteiger partial charge in [0.25, 0.3) is 0 Å². The molecular formula is C16H23NO2. The van der Waals surface area contributed by atoms with Gasteiger partial charge in [0.2, 0.25) is 0 Å². The standard InChI is InChI=1S/C16H23NO2/c17-15-5-3-4-12-6-7-13(10-14(12)15)19-11-16(18)8-1-2-9-16/h6-7,10,15,18H,1-5,8-9,11,17H2/t15-/m1/s1. The van der Waals surface area contributed by atoms with Crippen LogP contribution in [0, 0.1) is 0 Å². The second kappa shape index (κ2) is 5.14. The third kappa shape index (κ3) is 2.77. The van der Waals surface area contributed by atoms with Crippen molar-refractivity contribution in [3.63, 3.8) is 0 Å². The predicted octanol–water partition coefficient (Wildman–Crippen LogP) is 2.71. The molecule has 3 rings (SSSR count). The zero-order valence-electron chi connectivity index (χ0n) is 11.4. The zero-order chi connectivity index (χ0) is 13.3. The van der Waals surface area contributed by atoms with E-state index in [2.05, 4.69) is 12.1 Å². The summed E-state index contributed by atoms with van der Waals surface area (Å²) in [5, 5.41) is 10.3. The molecule has 0 saturated heterocycles. The highest BCUT2D eigenvalue weighted by molar-refractivity contribution is 5.39. The first-order chi connectivity index (χ1) is 9.16. The fourth-order valence-electron chi connectivity index (χ4n) is 3.30. The average Bonchev–Trinajstić information content (AvgIpc) is 2.85. The lowest BCUT2D eigenvalue weighted by atomic mass is 9.88. The van der Waals surface area contributed by atoms with Crippen LogP contribution < -0.4 is 10.5 Å². The maximum Gasteiger partial charge on any atom is 0.119 e. The van der Waals surface area contributed by atoms with Crippen molar-refractivity contribution in [3.05, 3.63) is 29.3 Å². The third-order valence-corrected chi connectivity index (χ3v) is 4.52. The van der Waals surface area contributed by atoms with E-state index in [0.29, 0.717) is 6.61 Å². The van der Waals surface area contributed by atoms with Gasteiger partial charge < -0.3 is 15.6 Å². The third-order valence-electron chi connectivity index (χ3n) is 4.52. The van der Waals surface area contributed by atoms with Gasteiger partial charge in [0.05, 0.1) is 5.60 Å². The highest BCUT2D eigenvalue weighted by atomic mass is 16.5. The smallest absolute Gasteiger partial charge is 0.119 e. The topological polar surface area (TPSA) is 55.5 Å². The molecule has 0 amide bonds. The Morgan fingerprint density at radius 2 is 2.05 bits per heavy atom. The van der Waals surface area contributed by atoms with E-state index >= 15 is 0 Å². The first-order valence-electron chi connectivity index (χ1n) is 7.40. The van der Waals surface area contributed by atoms with Crippen LogP contribution in [0.4, 0.5) is 0 Å². The maximum absolute atomic E-state index is 10.3. The van der Waals surface area contributed by atoms with Crippen molar-refractivity contribution in [1.82, 2.24) is 0 Å². The molecule has 0 bridgehead atoms. The van der Waals surface area contributed by atoms with Crippen LogP contribution in [0.3, 0.4) is 0 Å². The maximum atomic E-state index is 10.3. The Labute approximate surface area is 114 Å². The Kier molecular flexibility index (Phi) is 3.50. The van der Waals surface area contributed by atoms with Crippen LogP contribution in [0.2, 0.25) is 0 Å². The number of rotatable bonds is 3. The van der Waals surface area contributed by atoms with Crippen molar-refractivity contribution in [2.75, 3.05) is 6.61 Å². The van der Waals surface area contributed by atoms with Crippen LogP contribution in [0.25, 0.3) is 0 Å². The molecule has 0 radical (unpaired) electrons. The molecule has 0 aliphatic heterocycles. The normalized spacial score (nSPS) is 25.1. The number of aryl methyl sites for hydroxylation is 1. The van der Waals surface area contributed by atoms with E-state index < -0.39 is 5.60 Å². The first-order valence-corrected chi connectivity index (χ1v) is 7.40. The van der Waals surface area contributed by atoms with E-state index in [1.807, 2.05) is 6.07 Å². The summed E-state index contributed by atoms with van der Waals surface area (Å²) in [4.78, 5) is 0. The van der Waals surface area contributed by atoms with E-state index in [1.54, 1.807) is 0 Å². The van der Waals surface area contributed by atoms with Crippen molar-refractivity contribution < 1.29 is 9.84 Å². The quantitative estimate of drug-likeness (QED) is 0.879. The Hall–Kier alpha value is -1.06. The lowest BCUT2D eigenvalue weighted by Crippen LogP contribution is -2.32. The molecule has 0 aromatic heterocycles. The Morgan fingerprint density at radius 1 is 1.26 bits per heavy atom. The molecule has 1 aromatic carbocycles. The zero-order valence-corrected chi connectivity index (χ0v) is 11.4. The lowest BCUT2D eigenvalue weighted by molar-refractivity contribution is 0.00137. The number of benzene rings is 1. The van der Waals surface area contributed by atoms with Gasteiger partial charge in [-0.3, -0.25) is 0 Å². The fraction of sp³-hybridized carbons (Fsp3) is 0.625. The molecular weight excluding hydrogens is 238 g/mol. The second-order valence-corrected chi connectivity index (χ2v) is 6.08. The van der Waals surface area contributed by atoms with Gasteiger partial charge in [-0.05, 0) is 55.4 Å². The molecule has 104 valence electrons. The number of fused-ring (bicyclic) bond motifs is 1. The minimum atomic E-state index is -0.613. The van der Waals surface area contributed by atoms with Crippen molar-refractivity contribution >= 4 is 0 Å². The SMILES string of the molecule is N[C@@H]1CCCc2ccc(OCC3(O)CCCC3)cc21. The highest BCUT2D eigenvalue weighted by Gasteiger charge is 2.32. The summed E-state index contributed by atoms with van der Waals surface area (Å²) in [7, 11) is 0. The van der Waals surface area contributed by atoms with Crippen molar-refractivity contribution in [1.29, 1.82) is 0 Å². The van der Waals surface area contributed by atoms with Gasteiger partial charge in [-0.2, -0.15) is 0 Å². The van der Waals surface area contributed by atoms with Crippen LogP contribution in [0.5, 0.6) is 5.75 Å². The monoisotopic (exact) mass is 261 g/mol. The molecule has 0 heterocycles. The number of hydrogen-bond acceptors (Lipinski definition) is 3. The van der Waals surface area contributed by atoms with Gasteiger partial charge in [-0.1, -0.05) is 18.9 Å². The second-order valence-electron chi connectivity index (χ2n) is 6.08. The molecule has 2 aliphatic rings. The summed E-state index contributed by atoms with van der Waals surface area (Å²) in [5.74, 6) is 0.844. The predicted molar refractivity (Wildman–Crippen MR) is 75.2 cm³/mol. The number of hydrogen-bond donors (Lipinski definition) is 2. The summed E-state index contributed by atoms with van der Waals surface area (Å²) < 4.78 is 5.80. The molecule has 0 spiro atoms. The average molecular weight is 261 g/mol. The van der Waals surface area contributed by atoms with Gasteiger partial charge in [0.15, 0.2) is 0 Å². The Balaban J connectivity index is 1.70. The van der Waals surface area contributed by atoms with Crippen LogP contribution >= 0.6 is 0 Å². The van der Waals surface area contributed by atoms with Crippen molar-refractivity contribution in [2.24, 2.45) is 5.73 Å². The Bertz CT molecular complexity index is 452. The molecule has 1 fully saturated rings. The van der Waals surface area contributed by atoms with Gasteiger partial charge in [-0.15, -0.1) is 0 Å². The van der Waals surface area contributed by atoms with E-state index in [9.17, 15) is 5.11 Å². The fourth-order valence-corrected chi connectivity index (χ4v) is 3.30.